The number of fused-ring (bicyclic) bond motifs is 1. The fourth-order valence-corrected chi connectivity index (χ4v) is 3.49. The van der Waals surface area contributed by atoms with Crippen LogP contribution in [0.3, 0.4) is 0 Å². The van der Waals surface area contributed by atoms with Crippen molar-refractivity contribution in [2.24, 2.45) is 0 Å². The molecule has 156 valence electrons. The van der Waals surface area contributed by atoms with Crippen molar-refractivity contribution in [2.45, 2.75) is 26.2 Å². The molecule has 0 fully saturated rings. The minimum atomic E-state index is -4.83. The number of hydrogen-bond acceptors (Lipinski definition) is 3. The van der Waals surface area contributed by atoms with Gasteiger partial charge in [-0.25, -0.2) is 9.37 Å². The largest absolute Gasteiger partial charge is 0.419 e. The summed E-state index contributed by atoms with van der Waals surface area (Å²) < 4.78 is 56.0. The third kappa shape index (κ3) is 3.38. The zero-order valence-electron chi connectivity index (χ0n) is 15.8. The van der Waals surface area contributed by atoms with Gasteiger partial charge < -0.3 is 14.0 Å². The molecule has 0 radical (unpaired) electrons. The molecule has 3 heterocycles. The van der Waals surface area contributed by atoms with Crippen molar-refractivity contribution in [2.75, 3.05) is 6.54 Å². The van der Waals surface area contributed by atoms with Gasteiger partial charge in [-0.3, -0.25) is 9.59 Å². The summed E-state index contributed by atoms with van der Waals surface area (Å²) >= 11 is 0. The quantitative estimate of drug-likeness (QED) is 0.612. The van der Waals surface area contributed by atoms with Gasteiger partial charge in [0.2, 0.25) is 0 Å². The number of aromatic nitrogens is 3. The molecule has 0 saturated carbocycles. The van der Waals surface area contributed by atoms with E-state index < -0.39 is 23.5 Å². The van der Waals surface area contributed by atoms with E-state index in [4.69, 9.17) is 0 Å². The molecule has 0 aliphatic carbocycles. The van der Waals surface area contributed by atoms with Crippen LogP contribution in [0, 0.1) is 12.7 Å². The molecular formula is C20H16F4N4O2. The number of aryl methyl sites for hydroxylation is 1. The van der Waals surface area contributed by atoms with E-state index in [9.17, 15) is 27.2 Å². The number of carbonyl (C=O) groups is 1. The van der Waals surface area contributed by atoms with Gasteiger partial charge in [-0.1, -0.05) is 12.1 Å². The van der Waals surface area contributed by atoms with E-state index in [1.54, 1.807) is 17.7 Å². The van der Waals surface area contributed by atoms with E-state index in [-0.39, 0.29) is 36.5 Å². The van der Waals surface area contributed by atoms with Crippen molar-refractivity contribution in [3.05, 3.63) is 81.5 Å². The number of rotatable bonds is 3. The van der Waals surface area contributed by atoms with Crippen LogP contribution in [0.4, 0.5) is 17.6 Å². The minimum absolute atomic E-state index is 0.0633. The number of imidazole rings is 1. The van der Waals surface area contributed by atoms with Crippen molar-refractivity contribution >= 4 is 5.91 Å². The van der Waals surface area contributed by atoms with Crippen molar-refractivity contribution in [3.63, 3.8) is 0 Å². The average molecular weight is 420 g/mol. The van der Waals surface area contributed by atoms with Crippen LogP contribution in [0.15, 0.2) is 47.7 Å². The minimum Gasteiger partial charge on any atom is -0.331 e. The maximum atomic E-state index is 14.3. The number of carbonyl (C=O) groups excluding carboxylic acids is 1. The van der Waals surface area contributed by atoms with Crippen molar-refractivity contribution in [1.29, 1.82) is 0 Å². The number of halogens is 4. The molecule has 0 saturated heterocycles. The van der Waals surface area contributed by atoms with Crippen LogP contribution >= 0.6 is 0 Å². The van der Waals surface area contributed by atoms with Gasteiger partial charge in [0.25, 0.3) is 11.5 Å². The first-order valence-corrected chi connectivity index (χ1v) is 9.05. The number of hydrogen-bond donors (Lipinski definition) is 0. The molecular weight excluding hydrogens is 404 g/mol. The molecule has 6 nitrogen and oxygen atoms in total. The molecule has 1 aromatic carbocycles. The topological polar surface area (TPSA) is 60.1 Å². The highest BCUT2D eigenvalue weighted by atomic mass is 19.4. The lowest BCUT2D eigenvalue weighted by atomic mass is 10.1. The monoisotopic (exact) mass is 420 g/mol. The zero-order valence-corrected chi connectivity index (χ0v) is 15.8. The normalized spacial score (nSPS) is 14.2. The van der Waals surface area contributed by atoms with E-state index in [0.29, 0.717) is 11.8 Å². The lowest BCUT2D eigenvalue weighted by Gasteiger charge is -2.30. The van der Waals surface area contributed by atoms with E-state index >= 15 is 0 Å². The summed E-state index contributed by atoms with van der Waals surface area (Å²) in [4.78, 5) is 30.9. The zero-order chi connectivity index (χ0) is 21.6. The van der Waals surface area contributed by atoms with Crippen LogP contribution in [0.25, 0.3) is 5.69 Å². The predicted molar refractivity (Wildman–Crippen MR) is 98.7 cm³/mol. The second-order valence-electron chi connectivity index (χ2n) is 6.99. The van der Waals surface area contributed by atoms with Crippen LogP contribution in [-0.4, -0.2) is 31.5 Å². The van der Waals surface area contributed by atoms with Gasteiger partial charge in [0.1, 0.15) is 17.2 Å². The molecule has 10 heteroatoms. The molecule has 1 aliphatic rings. The molecule has 2 aromatic heterocycles. The fraction of sp³-hybridized carbons (Fsp3) is 0.250. The molecule has 0 atom stereocenters. The maximum Gasteiger partial charge on any atom is 0.419 e. The SMILES string of the molecule is Cc1cn(-c2ccc3n(c2=O)CCN(Cc2cccc(C(F)(F)F)c2F)C3=O)cn1. The smallest absolute Gasteiger partial charge is 0.331 e. The molecule has 4 rings (SSSR count). The standard InChI is InChI=1S/C20H16F4N4O2/c1-12-9-27(11-25-12)15-5-6-16-18(29)26(7-8-28(16)19(15)30)10-13-3-2-4-14(17(13)21)20(22,23)24/h2-6,9,11H,7-8,10H2,1H3. The molecule has 1 amide bonds. The van der Waals surface area contributed by atoms with Crippen LogP contribution in [0.2, 0.25) is 0 Å². The van der Waals surface area contributed by atoms with Gasteiger partial charge in [0.15, 0.2) is 0 Å². The highest BCUT2D eigenvalue weighted by Crippen LogP contribution is 2.32. The highest BCUT2D eigenvalue weighted by Gasteiger charge is 2.35. The predicted octanol–water partition coefficient (Wildman–Crippen LogP) is 3.16. The molecule has 0 unspecified atom stereocenters. The Labute approximate surface area is 168 Å². The molecule has 3 aromatic rings. The average Bonchev–Trinajstić information content (AvgIpc) is 3.11. The van der Waals surface area contributed by atoms with Crippen molar-refractivity contribution < 1.29 is 22.4 Å². The molecule has 0 bridgehead atoms. The Kier molecular flexibility index (Phi) is 4.71. The van der Waals surface area contributed by atoms with Crippen molar-refractivity contribution in [1.82, 2.24) is 19.0 Å². The first-order valence-electron chi connectivity index (χ1n) is 9.05. The third-order valence-corrected chi connectivity index (χ3v) is 4.99. The molecule has 0 spiro atoms. The van der Waals surface area contributed by atoms with Crippen LogP contribution < -0.4 is 5.56 Å². The Morgan fingerprint density at radius 2 is 1.87 bits per heavy atom. The van der Waals surface area contributed by atoms with Gasteiger partial charge in [-0.05, 0) is 25.1 Å². The second kappa shape index (κ2) is 7.12. The number of alkyl halides is 3. The van der Waals surface area contributed by atoms with Gasteiger partial charge in [-0.2, -0.15) is 13.2 Å². The summed E-state index contributed by atoms with van der Waals surface area (Å²) in [6, 6.07) is 5.94. The van der Waals surface area contributed by atoms with Crippen molar-refractivity contribution in [3.8, 4) is 5.69 Å². The number of nitrogens with zero attached hydrogens (tertiary/aromatic N) is 4. The first kappa shape index (κ1) is 19.9. The Morgan fingerprint density at radius 1 is 1.10 bits per heavy atom. The van der Waals surface area contributed by atoms with Crippen LogP contribution in [0.5, 0.6) is 0 Å². The summed E-state index contributed by atoms with van der Waals surface area (Å²) in [6.07, 6.45) is -1.66. The van der Waals surface area contributed by atoms with Crippen LogP contribution in [0.1, 0.15) is 27.3 Å². The maximum absolute atomic E-state index is 14.3. The van der Waals surface area contributed by atoms with Crippen LogP contribution in [-0.2, 0) is 19.3 Å². The van der Waals surface area contributed by atoms with E-state index in [1.807, 2.05) is 0 Å². The Bertz CT molecular complexity index is 1200. The first-order chi connectivity index (χ1) is 14.2. The highest BCUT2D eigenvalue weighted by molar-refractivity contribution is 5.93. The summed E-state index contributed by atoms with van der Waals surface area (Å²) in [5.41, 5.74) is -0.852. The lowest BCUT2D eigenvalue weighted by Crippen LogP contribution is -2.44. The van der Waals surface area contributed by atoms with Gasteiger partial charge in [0, 0.05) is 31.4 Å². The number of amides is 1. The second-order valence-corrected chi connectivity index (χ2v) is 6.99. The molecule has 30 heavy (non-hydrogen) atoms. The lowest BCUT2D eigenvalue weighted by molar-refractivity contribution is -0.140. The molecule has 0 N–H and O–H groups in total. The number of pyridine rings is 1. The Morgan fingerprint density at radius 3 is 2.53 bits per heavy atom. The number of benzene rings is 1. The van der Waals surface area contributed by atoms with E-state index in [0.717, 1.165) is 11.8 Å². The van der Waals surface area contributed by atoms with Gasteiger partial charge >= 0.3 is 6.18 Å². The van der Waals surface area contributed by atoms with E-state index in [2.05, 4.69) is 4.98 Å². The fourth-order valence-electron chi connectivity index (χ4n) is 3.49. The van der Waals surface area contributed by atoms with Gasteiger partial charge in [-0.15, -0.1) is 0 Å². The summed E-state index contributed by atoms with van der Waals surface area (Å²) in [5.74, 6) is -1.95. The Balaban J connectivity index is 1.64. The summed E-state index contributed by atoms with van der Waals surface area (Å²) in [6.45, 7) is 1.65. The summed E-state index contributed by atoms with van der Waals surface area (Å²) in [7, 11) is 0. The van der Waals surface area contributed by atoms with Gasteiger partial charge in [0.05, 0.1) is 17.6 Å². The van der Waals surface area contributed by atoms with E-state index in [1.165, 1.54) is 34.0 Å². The Hall–Kier alpha value is -3.43. The molecule has 1 aliphatic heterocycles. The third-order valence-electron chi connectivity index (χ3n) is 4.99. The summed E-state index contributed by atoms with van der Waals surface area (Å²) in [5, 5.41) is 0.